The average molecular weight is 365 g/mol. The molecule has 3 rings (SSSR count). The largest absolute Gasteiger partial charge is 0.459 e. The minimum absolute atomic E-state index is 0.155. The zero-order valence-corrected chi connectivity index (χ0v) is 15.1. The lowest BCUT2D eigenvalue weighted by atomic mass is 10.1. The van der Waals surface area contributed by atoms with Gasteiger partial charge >= 0.3 is 5.97 Å². The van der Waals surface area contributed by atoms with E-state index in [1.165, 1.54) is 0 Å². The van der Waals surface area contributed by atoms with Crippen molar-refractivity contribution in [3.8, 4) is 0 Å². The molecule has 0 saturated heterocycles. The van der Waals surface area contributed by atoms with E-state index in [9.17, 15) is 9.59 Å². The summed E-state index contributed by atoms with van der Waals surface area (Å²) in [5.74, 6) is -0.978. The number of rotatable bonds is 5. The summed E-state index contributed by atoms with van der Waals surface area (Å²) in [6.07, 6.45) is 4.05. The SMILES string of the molecule is CC(NC(=O)C1(N)CC=Cc2ccccc2N1)C(=O)OCc1ccccc1. The maximum atomic E-state index is 12.7. The van der Waals surface area contributed by atoms with Crippen LogP contribution in [0.3, 0.4) is 0 Å². The van der Waals surface area contributed by atoms with Crippen molar-refractivity contribution in [2.24, 2.45) is 5.73 Å². The molecule has 27 heavy (non-hydrogen) atoms. The lowest BCUT2D eigenvalue weighted by Gasteiger charge is -2.30. The summed E-state index contributed by atoms with van der Waals surface area (Å²) in [6.45, 7) is 1.73. The number of ether oxygens (including phenoxy) is 1. The van der Waals surface area contributed by atoms with Crippen molar-refractivity contribution in [2.45, 2.75) is 31.7 Å². The van der Waals surface area contributed by atoms with Gasteiger partial charge in [0.25, 0.3) is 5.91 Å². The van der Waals surface area contributed by atoms with Gasteiger partial charge in [-0.05, 0) is 24.1 Å². The second-order valence-electron chi connectivity index (χ2n) is 6.58. The molecule has 140 valence electrons. The number of fused-ring (bicyclic) bond motifs is 1. The smallest absolute Gasteiger partial charge is 0.328 e. The fourth-order valence-electron chi connectivity index (χ4n) is 2.81. The maximum absolute atomic E-state index is 12.7. The van der Waals surface area contributed by atoms with Crippen molar-refractivity contribution in [2.75, 3.05) is 5.32 Å². The van der Waals surface area contributed by atoms with Gasteiger partial charge in [-0.3, -0.25) is 4.79 Å². The van der Waals surface area contributed by atoms with Crippen LogP contribution < -0.4 is 16.4 Å². The van der Waals surface area contributed by atoms with Gasteiger partial charge in [0.1, 0.15) is 12.6 Å². The van der Waals surface area contributed by atoms with Gasteiger partial charge in [-0.1, -0.05) is 60.7 Å². The molecule has 0 spiro atoms. The molecule has 0 radical (unpaired) electrons. The summed E-state index contributed by atoms with van der Waals surface area (Å²) in [5, 5.41) is 5.74. The van der Waals surface area contributed by atoms with Crippen LogP contribution in [0, 0.1) is 0 Å². The Morgan fingerprint density at radius 3 is 2.67 bits per heavy atom. The molecule has 1 heterocycles. The van der Waals surface area contributed by atoms with Crippen LogP contribution in [-0.4, -0.2) is 23.6 Å². The summed E-state index contributed by atoms with van der Waals surface area (Å²) in [5.41, 5.74) is 7.55. The second-order valence-corrected chi connectivity index (χ2v) is 6.58. The van der Waals surface area contributed by atoms with Crippen molar-refractivity contribution >= 4 is 23.6 Å². The van der Waals surface area contributed by atoms with Crippen LogP contribution in [0.5, 0.6) is 0 Å². The average Bonchev–Trinajstić information content (AvgIpc) is 2.85. The molecule has 4 N–H and O–H groups in total. The lowest BCUT2D eigenvalue weighted by Crippen LogP contribution is -2.61. The minimum Gasteiger partial charge on any atom is -0.459 e. The quantitative estimate of drug-likeness (QED) is 0.708. The highest BCUT2D eigenvalue weighted by atomic mass is 16.5. The van der Waals surface area contributed by atoms with Gasteiger partial charge in [0, 0.05) is 12.1 Å². The van der Waals surface area contributed by atoms with Crippen molar-refractivity contribution in [3.05, 3.63) is 71.8 Å². The Balaban J connectivity index is 1.60. The normalized spacial score (nSPS) is 19.2. The number of nitrogens with two attached hydrogens (primary N) is 1. The Bertz CT molecular complexity index is 851. The Morgan fingerprint density at radius 1 is 1.19 bits per heavy atom. The van der Waals surface area contributed by atoms with E-state index < -0.39 is 23.6 Å². The van der Waals surface area contributed by atoms with Crippen LogP contribution in [0.1, 0.15) is 24.5 Å². The number of carbonyl (C=O) groups is 2. The maximum Gasteiger partial charge on any atom is 0.328 e. The van der Waals surface area contributed by atoms with Gasteiger partial charge in [0.05, 0.1) is 0 Å². The van der Waals surface area contributed by atoms with Crippen LogP contribution in [-0.2, 0) is 20.9 Å². The third-order valence-corrected chi connectivity index (χ3v) is 4.39. The van der Waals surface area contributed by atoms with Crippen molar-refractivity contribution in [3.63, 3.8) is 0 Å². The van der Waals surface area contributed by atoms with Crippen molar-refractivity contribution < 1.29 is 14.3 Å². The Hall–Kier alpha value is -3.12. The van der Waals surface area contributed by atoms with Gasteiger partial charge in [0.15, 0.2) is 5.66 Å². The number of benzene rings is 2. The molecule has 1 amide bonds. The molecule has 0 saturated carbocycles. The Morgan fingerprint density at radius 2 is 1.89 bits per heavy atom. The first kappa shape index (κ1) is 18.7. The molecular weight excluding hydrogens is 342 g/mol. The molecular formula is C21H23N3O3. The zero-order valence-electron chi connectivity index (χ0n) is 15.1. The molecule has 2 unspecified atom stereocenters. The Labute approximate surface area is 158 Å². The van der Waals surface area contributed by atoms with E-state index in [-0.39, 0.29) is 6.61 Å². The summed E-state index contributed by atoms with van der Waals surface area (Å²) >= 11 is 0. The molecule has 1 aliphatic heterocycles. The molecule has 2 atom stereocenters. The number of hydrogen-bond donors (Lipinski definition) is 3. The number of esters is 1. The van der Waals surface area contributed by atoms with Crippen LogP contribution in [0.25, 0.3) is 6.08 Å². The third-order valence-electron chi connectivity index (χ3n) is 4.39. The predicted molar refractivity (Wildman–Crippen MR) is 104 cm³/mol. The third kappa shape index (κ3) is 4.54. The monoisotopic (exact) mass is 365 g/mol. The summed E-state index contributed by atoms with van der Waals surface area (Å²) in [4.78, 5) is 24.9. The van der Waals surface area contributed by atoms with E-state index in [1.807, 2.05) is 66.7 Å². The fourth-order valence-corrected chi connectivity index (χ4v) is 2.81. The second kappa shape index (κ2) is 8.05. The minimum atomic E-state index is -1.35. The van der Waals surface area contributed by atoms with Crippen LogP contribution >= 0.6 is 0 Å². The van der Waals surface area contributed by atoms with Gasteiger partial charge in [-0.25, -0.2) is 4.79 Å². The summed E-state index contributed by atoms with van der Waals surface area (Å²) < 4.78 is 5.26. The van der Waals surface area contributed by atoms with Crippen LogP contribution in [0.15, 0.2) is 60.7 Å². The predicted octanol–water partition coefficient (Wildman–Crippen LogP) is 2.42. The number of nitrogens with one attached hydrogen (secondary N) is 2. The topological polar surface area (TPSA) is 93.5 Å². The van der Waals surface area contributed by atoms with Gasteiger partial charge in [-0.2, -0.15) is 0 Å². The molecule has 0 fully saturated rings. The Kier molecular flexibility index (Phi) is 5.57. The molecule has 1 aliphatic rings. The number of para-hydroxylation sites is 1. The van der Waals surface area contributed by atoms with Crippen molar-refractivity contribution in [1.29, 1.82) is 0 Å². The molecule has 6 nitrogen and oxygen atoms in total. The first-order chi connectivity index (χ1) is 13.0. The first-order valence-corrected chi connectivity index (χ1v) is 8.82. The summed E-state index contributed by atoms with van der Waals surface area (Å²) in [6, 6.07) is 16.1. The molecule has 0 bridgehead atoms. The highest BCUT2D eigenvalue weighted by Gasteiger charge is 2.36. The molecule has 0 aromatic heterocycles. The highest BCUT2D eigenvalue weighted by Crippen LogP contribution is 2.25. The molecule has 0 aliphatic carbocycles. The number of anilines is 1. The van der Waals surface area contributed by atoms with Crippen LogP contribution in [0.4, 0.5) is 5.69 Å². The van der Waals surface area contributed by atoms with E-state index in [0.29, 0.717) is 6.42 Å². The van der Waals surface area contributed by atoms with E-state index >= 15 is 0 Å². The molecule has 2 aromatic rings. The van der Waals surface area contributed by atoms with E-state index in [0.717, 1.165) is 16.8 Å². The number of hydrogen-bond acceptors (Lipinski definition) is 5. The van der Waals surface area contributed by atoms with Crippen LogP contribution in [0.2, 0.25) is 0 Å². The zero-order chi connectivity index (χ0) is 19.3. The summed E-state index contributed by atoms with van der Waals surface area (Å²) in [7, 11) is 0. The van der Waals surface area contributed by atoms with Gasteiger partial charge < -0.3 is 21.1 Å². The first-order valence-electron chi connectivity index (χ1n) is 8.82. The van der Waals surface area contributed by atoms with E-state index in [1.54, 1.807) is 6.92 Å². The lowest BCUT2D eigenvalue weighted by molar-refractivity contribution is -0.149. The molecule has 6 heteroatoms. The van der Waals surface area contributed by atoms with Crippen molar-refractivity contribution in [1.82, 2.24) is 5.32 Å². The number of carbonyl (C=O) groups excluding carboxylic acids is 2. The highest BCUT2D eigenvalue weighted by molar-refractivity contribution is 5.93. The fraction of sp³-hybridized carbons (Fsp3) is 0.238. The molecule has 2 aromatic carbocycles. The van der Waals surface area contributed by atoms with E-state index in [2.05, 4.69) is 10.6 Å². The standard InChI is InChI=1S/C21H23N3O3/c1-15(19(25)27-14-16-8-3-2-4-9-16)23-20(26)21(22)13-7-11-17-10-5-6-12-18(17)24-21/h2-12,15,24H,13-14,22H2,1H3,(H,23,26). The number of amides is 1. The van der Waals surface area contributed by atoms with E-state index in [4.69, 9.17) is 10.5 Å². The van der Waals surface area contributed by atoms with Gasteiger partial charge in [-0.15, -0.1) is 0 Å². The van der Waals surface area contributed by atoms with Gasteiger partial charge in [0.2, 0.25) is 0 Å².